The normalized spacial score (nSPS) is 28.6. The SMILES string of the molecule is COc1cc(C)c(C[NH+]2CC[NH+](CN3C(=O)[C@H]4CC=CC[C@H]4C3=O)CC2)cc1OC. The second-order valence-electron chi connectivity index (χ2n) is 8.73. The third-order valence-corrected chi connectivity index (χ3v) is 6.93. The lowest BCUT2D eigenvalue weighted by Gasteiger charge is -2.31. The Hall–Kier alpha value is -2.38. The molecule has 162 valence electrons. The number of carbonyl (C=O) groups excluding carboxylic acids is 2. The summed E-state index contributed by atoms with van der Waals surface area (Å²) in [7, 11) is 3.32. The number of rotatable bonds is 6. The van der Waals surface area contributed by atoms with Crippen LogP contribution in [0.5, 0.6) is 11.5 Å². The number of quaternary nitrogens is 2. The number of nitrogens with zero attached hydrogens (tertiary/aromatic N) is 1. The Balaban J connectivity index is 1.33. The van der Waals surface area contributed by atoms with Gasteiger partial charge < -0.3 is 19.3 Å². The van der Waals surface area contributed by atoms with E-state index in [2.05, 4.69) is 13.0 Å². The summed E-state index contributed by atoms with van der Waals surface area (Å²) in [5, 5.41) is 0. The molecule has 0 spiro atoms. The van der Waals surface area contributed by atoms with E-state index >= 15 is 0 Å². The van der Waals surface area contributed by atoms with Crippen LogP contribution in [-0.2, 0) is 16.1 Å². The van der Waals surface area contributed by atoms with Crippen molar-refractivity contribution in [2.75, 3.05) is 47.1 Å². The highest BCUT2D eigenvalue weighted by Crippen LogP contribution is 2.34. The molecule has 2 atom stereocenters. The van der Waals surface area contributed by atoms with E-state index in [1.54, 1.807) is 19.1 Å². The van der Waals surface area contributed by atoms with Crippen molar-refractivity contribution in [3.63, 3.8) is 0 Å². The molecule has 2 amide bonds. The lowest BCUT2D eigenvalue weighted by Crippen LogP contribution is -3.28. The molecule has 30 heavy (non-hydrogen) atoms. The van der Waals surface area contributed by atoms with Gasteiger partial charge in [-0.1, -0.05) is 12.2 Å². The first kappa shape index (κ1) is 20.9. The first-order valence-electron chi connectivity index (χ1n) is 10.9. The number of hydrogen-bond donors (Lipinski definition) is 2. The molecule has 2 N–H and O–H groups in total. The Labute approximate surface area is 178 Å². The van der Waals surface area contributed by atoms with Crippen molar-refractivity contribution in [3.05, 3.63) is 35.4 Å². The second-order valence-corrected chi connectivity index (χ2v) is 8.73. The molecular weight excluding hydrogens is 382 g/mol. The third-order valence-electron chi connectivity index (χ3n) is 6.93. The number of benzene rings is 1. The van der Waals surface area contributed by atoms with Gasteiger partial charge in [-0.05, 0) is 37.5 Å². The van der Waals surface area contributed by atoms with Crippen LogP contribution < -0.4 is 19.3 Å². The Bertz CT molecular complexity index is 819. The lowest BCUT2D eigenvalue weighted by molar-refractivity contribution is -1.02. The van der Waals surface area contributed by atoms with Gasteiger partial charge in [0.05, 0.1) is 26.1 Å². The molecule has 4 rings (SSSR count). The number of fused-ring (bicyclic) bond motifs is 1. The van der Waals surface area contributed by atoms with Gasteiger partial charge in [0.25, 0.3) is 0 Å². The third kappa shape index (κ3) is 3.96. The molecule has 0 aromatic heterocycles. The largest absolute Gasteiger partial charge is 0.493 e. The summed E-state index contributed by atoms with van der Waals surface area (Å²) < 4.78 is 10.9. The van der Waals surface area contributed by atoms with Crippen LogP contribution in [0.25, 0.3) is 0 Å². The molecule has 2 aliphatic heterocycles. The number of piperazine rings is 1. The molecule has 1 aromatic carbocycles. The first-order chi connectivity index (χ1) is 14.5. The number of likely N-dealkylation sites (tertiary alicyclic amines) is 1. The monoisotopic (exact) mass is 415 g/mol. The first-order valence-corrected chi connectivity index (χ1v) is 10.9. The van der Waals surface area contributed by atoms with E-state index in [-0.39, 0.29) is 23.7 Å². The van der Waals surface area contributed by atoms with Crippen molar-refractivity contribution in [1.29, 1.82) is 0 Å². The van der Waals surface area contributed by atoms with Crippen molar-refractivity contribution in [1.82, 2.24) is 4.90 Å². The fourth-order valence-corrected chi connectivity index (χ4v) is 5.02. The van der Waals surface area contributed by atoms with Gasteiger partial charge in [-0.3, -0.25) is 9.59 Å². The molecule has 0 radical (unpaired) electrons. The number of ether oxygens (including phenoxy) is 2. The minimum Gasteiger partial charge on any atom is -0.493 e. The van der Waals surface area contributed by atoms with Gasteiger partial charge in [0.2, 0.25) is 11.8 Å². The van der Waals surface area contributed by atoms with Crippen LogP contribution in [0.2, 0.25) is 0 Å². The molecule has 0 saturated carbocycles. The number of allylic oxidation sites excluding steroid dienone is 2. The molecular formula is C23H33N3O4+2. The number of aryl methyl sites for hydroxylation is 1. The maximum atomic E-state index is 12.7. The minimum absolute atomic E-state index is 0.0394. The highest BCUT2D eigenvalue weighted by Gasteiger charge is 2.48. The highest BCUT2D eigenvalue weighted by molar-refractivity contribution is 6.05. The summed E-state index contributed by atoms with van der Waals surface area (Å²) >= 11 is 0. The molecule has 1 aliphatic carbocycles. The van der Waals surface area contributed by atoms with Gasteiger partial charge in [-0.15, -0.1) is 0 Å². The molecule has 0 bridgehead atoms. The molecule has 2 saturated heterocycles. The summed E-state index contributed by atoms with van der Waals surface area (Å²) in [6.07, 6.45) is 5.51. The van der Waals surface area contributed by atoms with Crippen LogP contribution in [0.3, 0.4) is 0 Å². The van der Waals surface area contributed by atoms with Crippen molar-refractivity contribution in [2.45, 2.75) is 26.3 Å². The number of amides is 2. The minimum atomic E-state index is -0.123. The van der Waals surface area contributed by atoms with Gasteiger partial charge in [0.1, 0.15) is 32.7 Å². The van der Waals surface area contributed by atoms with E-state index in [1.165, 1.54) is 20.9 Å². The maximum Gasteiger partial charge on any atom is 0.237 e. The summed E-state index contributed by atoms with van der Waals surface area (Å²) in [4.78, 5) is 29.8. The van der Waals surface area contributed by atoms with Crippen molar-refractivity contribution < 1.29 is 28.9 Å². The molecule has 7 heteroatoms. The van der Waals surface area contributed by atoms with E-state index in [0.29, 0.717) is 19.5 Å². The van der Waals surface area contributed by atoms with E-state index in [9.17, 15) is 9.59 Å². The topological polar surface area (TPSA) is 64.7 Å². The molecule has 0 unspecified atom stereocenters. The lowest BCUT2D eigenvalue weighted by atomic mass is 9.85. The number of imide groups is 1. The number of methoxy groups -OCH3 is 2. The molecule has 2 heterocycles. The van der Waals surface area contributed by atoms with Gasteiger partial charge in [0.15, 0.2) is 18.2 Å². The molecule has 1 aromatic rings. The van der Waals surface area contributed by atoms with E-state index in [4.69, 9.17) is 9.47 Å². The standard InChI is InChI=1S/C23H31N3O4/c1-16-12-20(29-2)21(30-3)13-17(16)14-24-8-10-25(11-9-24)15-26-22(27)18-6-4-5-7-19(18)23(26)28/h4-5,12-13,18-19H,6-11,14-15H2,1-3H3/p+2/t18-,19+. The average molecular weight is 416 g/mol. The Morgan fingerprint density at radius 2 is 1.43 bits per heavy atom. The smallest absolute Gasteiger partial charge is 0.237 e. The quantitative estimate of drug-likeness (QED) is 0.472. The average Bonchev–Trinajstić information content (AvgIpc) is 3.01. The number of hydrogen-bond acceptors (Lipinski definition) is 4. The predicted molar refractivity (Wildman–Crippen MR) is 111 cm³/mol. The fraction of sp³-hybridized carbons (Fsp3) is 0.565. The van der Waals surface area contributed by atoms with Gasteiger partial charge in [-0.2, -0.15) is 0 Å². The van der Waals surface area contributed by atoms with Crippen LogP contribution in [-0.4, -0.2) is 63.8 Å². The van der Waals surface area contributed by atoms with E-state index in [0.717, 1.165) is 44.2 Å². The van der Waals surface area contributed by atoms with Crippen LogP contribution in [0, 0.1) is 18.8 Å². The van der Waals surface area contributed by atoms with Crippen LogP contribution in [0.4, 0.5) is 0 Å². The Kier molecular flexibility index (Phi) is 6.11. The zero-order valence-corrected chi connectivity index (χ0v) is 18.2. The van der Waals surface area contributed by atoms with Gasteiger partial charge >= 0.3 is 0 Å². The highest BCUT2D eigenvalue weighted by atomic mass is 16.5. The Morgan fingerprint density at radius 1 is 0.900 bits per heavy atom. The van der Waals surface area contributed by atoms with Crippen LogP contribution in [0.1, 0.15) is 24.0 Å². The summed E-state index contributed by atoms with van der Waals surface area (Å²) in [5.74, 6) is 1.36. The molecule has 2 fully saturated rings. The number of nitrogens with one attached hydrogen (secondary N) is 2. The van der Waals surface area contributed by atoms with Crippen molar-refractivity contribution >= 4 is 11.8 Å². The second kappa shape index (κ2) is 8.78. The summed E-state index contributed by atoms with van der Waals surface area (Å²) in [5.41, 5.74) is 2.48. The van der Waals surface area contributed by atoms with Gasteiger partial charge in [0, 0.05) is 5.56 Å². The van der Waals surface area contributed by atoms with Gasteiger partial charge in [-0.25, -0.2) is 4.90 Å². The van der Waals surface area contributed by atoms with Crippen molar-refractivity contribution in [3.8, 4) is 11.5 Å². The number of carbonyl (C=O) groups is 2. The fourth-order valence-electron chi connectivity index (χ4n) is 5.02. The molecule has 7 nitrogen and oxygen atoms in total. The van der Waals surface area contributed by atoms with E-state index in [1.807, 2.05) is 18.2 Å². The molecule has 3 aliphatic rings. The van der Waals surface area contributed by atoms with E-state index < -0.39 is 0 Å². The summed E-state index contributed by atoms with van der Waals surface area (Å²) in [6.45, 7) is 7.54. The zero-order chi connectivity index (χ0) is 21.3. The van der Waals surface area contributed by atoms with Crippen LogP contribution >= 0.6 is 0 Å². The van der Waals surface area contributed by atoms with Crippen LogP contribution in [0.15, 0.2) is 24.3 Å². The Morgan fingerprint density at radius 3 is 2.00 bits per heavy atom. The summed E-state index contributed by atoms with van der Waals surface area (Å²) in [6, 6.07) is 4.12. The predicted octanol–water partition coefficient (Wildman–Crippen LogP) is -0.796. The zero-order valence-electron chi connectivity index (χ0n) is 18.2. The maximum absolute atomic E-state index is 12.7. The van der Waals surface area contributed by atoms with Crippen molar-refractivity contribution in [2.24, 2.45) is 11.8 Å².